The summed E-state index contributed by atoms with van der Waals surface area (Å²) in [6.45, 7) is 6.79. The number of sulfonamides is 1. The Labute approximate surface area is 163 Å². The average Bonchev–Trinajstić information content (AvgIpc) is 3.16. The lowest BCUT2D eigenvalue weighted by Gasteiger charge is -2.31. The van der Waals surface area contributed by atoms with Gasteiger partial charge in [0.2, 0.25) is 10.0 Å². The Morgan fingerprint density at radius 2 is 1.89 bits per heavy atom. The van der Waals surface area contributed by atoms with Crippen molar-refractivity contribution in [2.45, 2.75) is 38.5 Å². The van der Waals surface area contributed by atoms with Crippen LogP contribution in [0, 0.1) is 26.7 Å². The van der Waals surface area contributed by atoms with Gasteiger partial charge in [0.05, 0.1) is 17.1 Å². The molecule has 1 aliphatic heterocycles. The molecule has 0 radical (unpaired) electrons. The van der Waals surface area contributed by atoms with Gasteiger partial charge >= 0.3 is 0 Å². The molecule has 0 unspecified atom stereocenters. The number of hydrogen-bond acceptors (Lipinski definition) is 7. The van der Waals surface area contributed by atoms with Crippen molar-refractivity contribution in [2.75, 3.05) is 19.6 Å². The zero-order valence-electron chi connectivity index (χ0n) is 15.9. The highest BCUT2D eigenvalue weighted by atomic mass is 32.2. The van der Waals surface area contributed by atoms with Crippen molar-refractivity contribution in [3.63, 3.8) is 0 Å². The molecule has 3 heterocycles. The van der Waals surface area contributed by atoms with E-state index in [-0.39, 0.29) is 16.7 Å². The smallest absolute Gasteiger partial charge is 0.267 e. The van der Waals surface area contributed by atoms with Crippen LogP contribution in [0.5, 0.6) is 0 Å². The van der Waals surface area contributed by atoms with E-state index in [0.717, 1.165) is 24.4 Å². The van der Waals surface area contributed by atoms with Crippen molar-refractivity contribution in [1.29, 1.82) is 0 Å². The normalized spacial score (nSPS) is 16.1. The minimum atomic E-state index is -3.60. The molecule has 0 atom stereocenters. The number of carbonyl (C=O) groups excluding carboxylic acids is 1. The minimum absolute atomic E-state index is 0.0388. The van der Waals surface area contributed by atoms with Gasteiger partial charge in [0.25, 0.3) is 5.91 Å². The van der Waals surface area contributed by atoms with Gasteiger partial charge in [-0.25, -0.2) is 13.1 Å². The largest absolute Gasteiger partial charge is 0.338 e. The number of aryl methyl sites for hydroxylation is 3. The highest BCUT2D eigenvalue weighted by Gasteiger charge is 2.28. The van der Waals surface area contributed by atoms with Crippen LogP contribution in [-0.2, 0) is 17.1 Å². The van der Waals surface area contributed by atoms with Gasteiger partial charge in [-0.3, -0.25) is 9.48 Å². The first-order valence-corrected chi connectivity index (χ1v) is 11.0. The Morgan fingerprint density at radius 3 is 2.41 bits per heavy atom. The third-order valence-electron chi connectivity index (χ3n) is 5.02. The molecular weight excluding hydrogens is 388 g/mol. The number of nitrogens with one attached hydrogen (secondary N) is 1. The van der Waals surface area contributed by atoms with Gasteiger partial charge < -0.3 is 4.90 Å². The van der Waals surface area contributed by atoms with Crippen LogP contribution >= 0.6 is 11.5 Å². The zero-order chi connectivity index (χ0) is 19.8. The molecule has 9 nitrogen and oxygen atoms in total. The van der Waals surface area contributed by atoms with Crippen LogP contribution in [0.1, 0.15) is 39.6 Å². The third-order valence-corrected chi connectivity index (χ3v) is 7.51. The molecule has 0 bridgehead atoms. The fourth-order valence-electron chi connectivity index (χ4n) is 3.35. The molecule has 0 aliphatic carbocycles. The van der Waals surface area contributed by atoms with Gasteiger partial charge in [-0.05, 0) is 51.1 Å². The first kappa shape index (κ1) is 19.9. The summed E-state index contributed by atoms with van der Waals surface area (Å²) < 4.78 is 33.4. The molecule has 3 rings (SSSR count). The van der Waals surface area contributed by atoms with Crippen molar-refractivity contribution >= 4 is 27.5 Å². The second-order valence-electron chi connectivity index (χ2n) is 6.90. The Bertz CT molecular complexity index is 942. The van der Waals surface area contributed by atoms with Crippen LogP contribution in [0.4, 0.5) is 0 Å². The van der Waals surface area contributed by atoms with Crippen LogP contribution in [-0.4, -0.2) is 58.2 Å². The molecule has 0 aromatic carbocycles. The summed E-state index contributed by atoms with van der Waals surface area (Å²) >= 11 is 1.12. The minimum Gasteiger partial charge on any atom is -0.338 e. The van der Waals surface area contributed by atoms with Crippen LogP contribution in [0.3, 0.4) is 0 Å². The molecular formula is C16H24N6O3S2. The van der Waals surface area contributed by atoms with Gasteiger partial charge in [-0.2, -0.15) is 5.10 Å². The SMILES string of the molecule is Cc1nnsc1C(=O)N1CCC(CNS(=O)(=O)c2c(C)nn(C)c2C)CC1. The summed E-state index contributed by atoms with van der Waals surface area (Å²) in [5.41, 5.74) is 1.77. The van der Waals surface area contributed by atoms with Gasteiger partial charge in [0.1, 0.15) is 9.77 Å². The van der Waals surface area contributed by atoms with Crippen LogP contribution in [0.25, 0.3) is 0 Å². The maximum atomic E-state index is 12.7. The number of piperidine rings is 1. The number of hydrogen-bond donors (Lipinski definition) is 1. The predicted molar refractivity (Wildman–Crippen MR) is 101 cm³/mol. The Balaban J connectivity index is 1.57. The fourth-order valence-corrected chi connectivity index (χ4v) is 5.53. The topological polar surface area (TPSA) is 110 Å². The molecule has 2 aromatic heterocycles. The first-order valence-electron chi connectivity index (χ1n) is 8.78. The molecule has 1 amide bonds. The average molecular weight is 413 g/mol. The van der Waals surface area contributed by atoms with E-state index in [0.29, 0.717) is 41.6 Å². The van der Waals surface area contributed by atoms with E-state index in [1.807, 2.05) is 0 Å². The Kier molecular flexibility index (Phi) is 5.63. The summed E-state index contributed by atoms with van der Waals surface area (Å²) in [6, 6.07) is 0. The monoisotopic (exact) mass is 412 g/mol. The Morgan fingerprint density at radius 1 is 1.22 bits per heavy atom. The lowest BCUT2D eigenvalue weighted by atomic mass is 9.97. The van der Waals surface area contributed by atoms with E-state index in [1.54, 1.807) is 37.4 Å². The summed E-state index contributed by atoms with van der Waals surface area (Å²) in [7, 11) is -1.87. The molecule has 0 saturated carbocycles. The predicted octanol–water partition coefficient (Wildman–Crippen LogP) is 1.03. The molecule has 148 valence electrons. The maximum absolute atomic E-state index is 12.7. The van der Waals surface area contributed by atoms with Crippen molar-refractivity contribution in [2.24, 2.45) is 13.0 Å². The number of amides is 1. The Hall–Kier alpha value is -1.85. The molecule has 1 saturated heterocycles. The summed E-state index contributed by atoms with van der Waals surface area (Å²) in [4.78, 5) is 15.1. The van der Waals surface area contributed by atoms with Gasteiger partial charge in [0, 0.05) is 26.7 Å². The van der Waals surface area contributed by atoms with Crippen molar-refractivity contribution in [1.82, 2.24) is 29.0 Å². The van der Waals surface area contributed by atoms with E-state index in [9.17, 15) is 13.2 Å². The molecule has 2 aromatic rings. The summed E-state index contributed by atoms with van der Waals surface area (Å²) in [6.07, 6.45) is 1.51. The highest BCUT2D eigenvalue weighted by molar-refractivity contribution is 7.89. The second-order valence-corrected chi connectivity index (χ2v) is 9.36. The quantitative estimate of drug-likeness (QED) is 0.785. The molecule has 27 heavy (non-hydrogen) atoms. The standard InChI is InChI=1S/C16H24N6O3S2/c1-10-14(26-20-18-10)16(23)22-7-5-13(6-8-22)9-17-27(24,25)15-11(2)19-21(4)12(15)3/h13,17H,5-9H2,1-4H3. The maximum Gasteiger partial charge on any atom is 0.267 e. The first-order chi connectivity index (χ1) is 12.7. The van der Waals surface area contributed by atoms with Gasteiger partial charge in [-0.15, -0.1) is 5.10 Å². The zero-order valence-corrected chi connectivity index (χ0v) is 17.5. The molecule has 1 aliphatic rings. The van der Waals surface area contributed by atoms with Crippen molar-refractivity contribution in [3.05, 3.63) is 22.0 Å². The lowest BCUT2D eigenvalue weighted by Crippen LogP contribution is -2.41. The van der Waals surface area contributed by atoms with E-state index in [1.165, 1.54) is 0 Å². The van der Waals surface area contributed by atoms with E-state index in [2.05, 4.69) is 19.4 Å². The highest BCUT2D eigenvalue weighted by Crippen LogP contribution is 2.22. The van der Waals surface area contributed by atoms with Gasteiger partial charge in [0.15, 0.2) is 0 Å². The van der Waals surface area contributed by atoms with Crippen molar-refractivity contribution < 1.29 is 13.2 Å². The second kappa shape index (κ2) is 7.64. The van der Waals surface area contributed by atoms with E-state index >= 15 is 0 Å². The van der Waals surface area contributed by atoms with Crippen molar-refractivity contribution in [3.8, 4) is 0 Å². The number of likely N-dealkylation sites (tertiary alicyclic amines) is 1. The molecule has 0 spiro atoms. The molecule has 1 fully saturated rings. The van der Waals surface area contributed by atoms with E-state index < -0.39 is 10.0 Å². The summed E-state index contributed by atoms with van der Waals surface area (Å²) in [5, 5.41) is 8.06. The van der Waals surface area contributed by atoms with Crippen LogP contribution < -0.4 is 4.72 Å². The van der Waals surface area contributed by atoms with Gasteiger partial charge in [-0.1, -0.05) is 4.49 Å². The molecule has 11 heteroatoms. The summed E-state index contributed by atoms with van der Waals surface area (Å²) in [5.74, 6) is 0.157. The number of aromatic nitrogens is 4. The van der Waals surface area contributed by atoms with Crippen LogP contribution in [0.15, 0.2) is 4.90 Å². The molecule has 1 N–H and O–H groups in total. The van der Waals surface area contributed by atoms with Crippen LogP contribution in [0.2, 0.25) is 0 Å². The number of rotatable bonds is 5. The number of carbonyl (C=O) groups is 1. The third kappa shape index (κ3) is 4.04. The lowest BCUT2D eigenvalue weighted by molar-refractivity contribution is 0.0696. The van der Waals surface area contributed by atoms with E-state index in [4.69, 9.17) is 0 Å². The fraction of sp³-hybridized carbons (Fsp3) is 0.625. The number of nitrogens with zero attached hydrogens (tertiary/aromatic N) is 5.